The van der Waals surface area contributed by atoms with Crippen LogP contribution in [0.15, 0.2) is 18.2 Å². The second kappa shape index (κ2) is 7.85. The van der Waals surface area contributed by atoms with E-state index in [1.165, 1.54) is 10.6 Å². The summed E-state index contributed by atoms with van der Waals surface area (Å²) in [5, 5.41) is 2.87. The maximum Gasteiger partial charge on any atom is 0.224 e. The van der Waals surface area contributed by atoms with E-state index in [1.54, 1.807) is 26.4 Å². The molecule has 0 radical (unpaired) electrons. The normalized spacial score (nSPS) is 18.9. The third-order valence-electron chi connectivity index (χ3n) is 4.17. The van der Waals surface area contributed by atoms with E-state index in [1.807, 2.05) is 6.07 Å². The number of carbonyl (C=O) groups is 1. The van der Waals surface area contributed by atoms with E-state index in [0.29, 0.717) is 37.4 Å². The van der Waals surface area contributed by atoms with Crippen LogP contribution in [0.4, 0.5) is 0 Å². The van der Waals surface area contributed by atoms with Crippen LogP contribution in [-0.4, -0.2) is 52.2 Å². The Morgan fingerprint density at radius 2 is 2.08 bits per heavy atom. The smallest absolute Gasteiger partial charge is 0.224 e. The summed E-state index contributed by atoms with van der Waals surface area (Å²) >= 11 is 0. The Balaban J connectivity index is 1.98. The highest BCUT2D eigenvalue weighted by Gasteiger charge is 2.30. The van der Waals surface area contributed by atoms with Gasteiger partial charge in [0, 0.05) is 31.3 Å². The van der Waals surface area contributed by atoms with Crippen molar-refractivity contribution in [3.8, 4) is 11.5 Å². The van der Waals surface area contributed by atoms with Gasteiger partial charge in [-0.05, 0) is 25.0 Å². The molecule has 0 saturated carbocycles. The van der Waals surface area contributed by atoms with Crippen LogP contribution in [0.25, 0.3) is 0 Å². The van der Waals surface area contributed by atoms with Gasteiger partial charge in [0.05, 0.1) is 26.4 Å². The van der Waals surface area contributed by atoms with Gasteiger partial charge in [-0.3, -0.25) is 4.79 Å². The number of sulfonamides is 1. The van der Waals surface area contributed by atoms with E-state index in [9.17, 15) is 13.2 Å². The molecule has 134 valence electrons. The highest BCUT2D eigenvalue weighted by molar-refractivity contribution is 7.88. The number of piperidine rings is 1. The molecule has 0 aromatic heterocycles. The molecule has 0 unspecified atom stereocenters. The molecular weight excluding hydrogens is 332 g/mol. The van der Waals surface area contributed by atoms with Gasteiger partial charge in [-0.25, -0.2) is 12.7 Å². The molecule has 8 heteroatoms. The molecule has 24 heavy (non-hydrogen) atoms. The van der Waals surface area contributed by atoms with Crippen molar-refractivity contribution < 1.29 is 22.7 Å². The molecule has 1 aliphatic heterocycles. The van der Waals surface area contributed by atoms with Crippen LogP contribution in [0.1, 0.15) is 18.4 Å². The quantitative estimate of drug-likeness (QED) is 0.822. The van der Waals surface area contributed by atoms with Gasteiger partial charge in [0.1, 0.15) is 11.5 Å². The van der Waals surface area contributed by atoms with E-state index in [-0.39, 0.29) is 18.4 Å². The topological polar surface area (TPSA) is 84.9 Å². The van der Waals surface area contributed by atoms with E-state index in [2.05, 4.69) is 5.32 Å². The lowest BCUT2D eigenvalue weighted by molar-refractivity contribution is -0.126. The van der Waals surface area contributed by atoms with Gasteiger partial charge in [0.15, 0.2) is 0 Å². The number of nitrogens with one attached hydrogen (secondary N) is 1. The minimum atomic E-state index is -3.26. The lowest BCUT2D eigenvalue weighted by Crippen LogP contribution is -2.44. The molecule has 1 N–H and O–H groups in total. The Morgan fingerprint density at radius 3 is 2.71 bits per heavy atom. The van der Waals surface area contributed by atoms with Crippen LogP contribution in [0.5, 0.6) is 11.5 Å². The van der Waals surface area contributed by atoms with Crippen molar-refractivity contribution in [3.05, 3.63) is 23.8 Å². The summed E-state index contributed by atoms with van der Waals surface area (Å²) in [5.41, 5.74) is 0.836. The first-order valence-electron chi connectivity index (χ1n) is 7.79. The number of carbonyl (C=O) groups excluding carboxylic acids is 1. The van der Waals surface area contributed by atoms with E-state index < -0.39 is 10.0 Å². The van der Waals surface area contributed by atoms with Crippen LogP contribution in [-0.2, 0) is 21.4 Å². The largest absolute Gasteiger partial charge is 0.497 e. The molecular formula is C16H24N2O5S. The summed E-state index contributed by atoms with van der Waals surface area (Å²) in [5.74, 6) is 0.855. The van der Waals surface area contributed by atoms with Crippen molar-refractivity contribution in [2.24, 2.45) is 5.92 Å². The zero-order chi connectivity index (χ0) is 17.7. The minimum absolute atomic E-state index is 0.138. The van der Waals surface area contributed by atoms with Gasteiger partial charge in [-0.2, -0.15) is 0 Å². The zero-order valence-corrected chi connectivity index (χ0v) is 15.1. The lowest BCUT2D eigenvalue weighted by atomic mass is 9.98. The van der Waals surface area contributed by atoms with Crippen molar-refractivity contribution in [1.29, 1.82) is 0 Å². The van der Waals surface area contributed by atoms with Crippen molar-refractivity contribution in [3.63, 3.8) is 0 Å². The lowest BCUT2D eigenvalue weighted by Gasteiger charge is -2.30. The Kier molecular flexibility index (Phi) is 6.06. The van der Waals surface area contributed by atoms with Gasteiger partial charge in [0.25, 0.3) is 0 Å². The number of nitrogens with zero attached hydrogens (tertiary/aromatic N) is 1. The molecule has 1 atom stereocenters. The van der Waals surface area contributed by atoms with E-state index >= 15 is 0 Å². The van der Waals surface area contributed by atoms with Crippen LogP contribution >= 0.6 is 0 Å². The van der Waals surface area contributed by atoms with Crippen LogP contribution < -0.4 is 14.8 Å². The molecule has 0 bridgehead atoms. The van der Waals surface area contributed by atoms with Crippen molar-refractivity contribution in [1.82, 2.24) is 9.62 Å². The molecule has 1 fully saturated rings. The highest BCUT2D eigenvalue weighted by atomic mass is 32.2. The van der Waals surface area contributed by atoms with Crippen molar-refractivity contribution >= 4 is 15.9 Å². The van der Waals surface area contributed by atoms with Gasteiger partial charge in [0.2, 0.25) is 15.9 Å². The van der Waals surface area contributed by atoms with Crippen molar-refractivity contribution in [2.45, 2.75) is 19.4 Å². The summed E-state index contributed by atoms with van der Waals surface area (Å²) in [4.78, 5) is 12.4. The fourth-order valence-electron chi connectivity index (χ4n) is 2.78. The SMILES string of the molecule is COc1ccc(CNC(=O)[C@@H]2CCCN(S(C)(=O)=O)C2)c(OC)c1. The molecule has 7 nitrogen and oxygen atoms in total. The molecule has 1 amide bonds. The Hall–Kier alpha value is -1.80. The summed E-state index contributed by atoms with van der Waals surface area (Å²) in [6.45, 7) is 1.04. The molecule has 2 rings (SSSR count). The zero-order valence-electron chi connectivity index (χ0n) is 14.2. The molecule has 0 aliphatic carbocycles. The second-order valence-electron chi connectivity index (χ2n) is 5.86. The predicted molar refractivity (Wildman–Crippen MR) is 90.5 cm³/mol. The minimum Gasteiger partial charge on any atom is -0.497 e. The fourth-order valence-corrected chi connectivity index (χ4v) is 3.69. The van der Waals surface area contributed by atoms with E-state index in [0.717, 1.165) is 5.56 Å². The number of hydrogen-bond donors (Lipinski definition) is 1. The molecule has 0 spiro atoms. The summed E-state index contributed by atoms with van der Waals surface area (Å²) < 4.78 is 35.1. The fraction of sp³-hybridized carbons (Fsp3) is 0.562. The maximum atomic E-state index is 12.4. The molecule has 1 aliphatic rings. The Labute approximate surface area is 143 Å². The van der Waals surface area contributed by atoms with Crippen molar-refractivity contribution in [2.75, 3.05) is 33.6 Å². The summed E-state index contributed by atoms with van der Waals surface area (Å²) in [6, 6.07) is 5.39. The third kappa shape index (κ3) is 4.61. The number of ether oxygens (including phenoxy) is 2. The molecule has 1 saturated heterocycles. The predicted octanol–water partition coefficient (Wildman–Crippen LogP) is 0.992. The van der Waals surface area contributed by atoms with Crippen LogP contribution in [0.3, 0.4) is 0 Å². The maximum absolute atomic E-state index is 12.4. The standard InChI is InChI=1S/C16H24N2O5S/c1-22-14-7-6-12(15(9-14)23-2)10-17-16(19)13-5-4-8-18(11-13)24(3,20)21/h6-7,9,13H,4-5,8,10-11H2,1-3H3,(H,17,19)/t13-/m1/s1. The molecule has 1 heterocycles. The Morgan fingerprint density at radius 1 is 1.33 bits per heavy atom. The molecule has 1 aromatic carbocycles. The number of benzene rings is 1. The first-order chi connectivity index (χ1) is 11.3. The van der Waals surface area contributed by atoms with Crippen LogP contribution in [0.2, 0.25) is 0 Å². The van der Waals surface area contributed by atoms with E-state index in [4.69, 9.17) is 9.47 Å². The molecule has 1 aromatic rings. The Bertz CT molecular complexity index is 690. The monoisotopic (exact) mass is 356 g/mol. The number of hydrogen-bond acceptors (Lipinski definition) is 5. The first kappa shape index (κ1) is 18.5. The summed E-state index contributed by atoms with van der Waals surface area (Å²) in [7, 11) is -0.121. The van der Waals surface area contributed by atoms with Gasteiger partial charge in [-0.15, -0.1) is 0 Å². The van der Waals surface area contributed by atoms with Gasteiger partial charge >= 0.3 is 0 Å². The number of methoxy groups -OCH3 is 2. The second-order valence-corrected chi connectivity index (χ2v) is 7.84. The third-order valence-corrected chi connectivity index (χ3v) is 5.44. The average molecular weight is 356 g/mol. The average Bonchev–Trinajstić information content (AvgIpc) is 2.58. The number of amides is 1. The highest BCUT2D eigenvalue weighted by Crippen LogP contribution is 2.25. The summed E-state index contributed by atoms with van der Waals surface area (Å²) in [6.07, 6.45) is 2.56. The van der Waals surface area contributed by atoms with Crippen LogP contribution in [0, 0.1) is 5.92 Å². The first-order valence-corrected chi connectivity index (χ1v) is 9.63. The number of rotatable bonds is 6. The van der Waals surface area contributed by atoms with Gasteiger partial charge in [-0.1, -0.05) is 0 Å². The van der Waals surface area contributed by atoms with Gasteiger partial charge < -0.3 is 14.8 Å².